The number of benzene rings is 3. The van der Waals surface area contributed by atoms with Crippen molar-refractivity contribution in [1.82, 2.24) is 0 Å². The van der Waals surface area contributed by atoms with Crippen LogP contribution in [-0.2, 0) is 11.4 Å². The van der Waals surface area contributed by atoms with Crippen LogP contribution in [-0.4, -0.2) is 17.0 Å². The number of amides is 1. The number of nitrogens with one attached hydrogen (secondary N) is 1. The van der Waals surface area contributed by atoms with Gasteiger partial charge in [-0.15, -0.1) is 0 Å². The van der Waals surface area contributed by atoms with E-state index in [0.717, 1.165) is 5.56 Å². The van der Waals surface area contributed by atoms with Gasteiger partial charge in [-0.25, -0.2) is 4.79 Å². The van der Waals surface area contributed by atoms with Gasteiger partial charge in [-0.3, -0.25) is 4.79 Å². The fourth-order valence-corrected chi connectivity index (χ4v) is 3.02. The van der Waals surface area contributed by atoms with Crippen LogP contribution in [0.5, 0.6) is 5.75 Å². The van der Waals surface area contributed by atoms with Crippen molar-refractivity contribution in [3.8, 4) is 11.8 Å². The van der Waals surface area contributed by atoms with E-state index in [1.807, 2.05) is 12.1 Å². The number of hydrogen-bond acceptors (Lipinski definition) is 4. The first-order valence-electron chi connectivity index (χ1n) is 9.29. The summed E-state index contributed by atoms with van der Waals surface area (Å²) in [5.74, 6) is -1.16. The van der Waals surface area contributed by atoms with Crippen LogP contribution in [0.3, 0.4) is 0 Å². The van der Waals surface area contributed by atoms with Crippen molar-refractivity contribution in [3.63, 3.8) is 0 Å². The molecule has 0 unspecified atom stereocenters. The molecule has 3 rings (SSSR count). The molecule has 0 spiro atoms. The zero-order valence-electron chi connectivity index (χ0n) is 16.5. The van der Waals surface area contributed by atoms with Gasteiger partial charge in [-0.05, 0) is 59.7 Å². The number of halogens is 2. The molecule has 0 heterocycles. The van der Waals surface area contributed by atoms with Crippen LogP contribution < -0.4 is 10.1 Å². The van der Waals surface area contributed by atoms with E-state index in [9.17, 15) is 14.9 Å². The Labute approximate surface area is 194 Å². The molecular weight excluding hydrogens is 451 g/mol. The molecule has 0 fully saturated rings. The maximum absolute atomic E-state index is 12.4. The predicted octanol–water partition coefficient (Wildman–Crippen LogP) is 5.82. The van der Waals surface area contributed by atoms with E-state index in [4.69, 9.17) is 33.0 Å². The van der Waals surface area contributed by atoms with Crippen LogP contribution >= 0.6 is 23.2 Å². The normalized spacial score (nSPS) is 10.8. The highest BCUT2D eigenvalue weighted by molar-refractivity contribution is 6.42. The van der Waals surface area contributed by atoms with E-state index in [1.54, 1.807) is 42.5 Å². The van der Waals surface area contributed by atoms with E-state index in [2.05, 4.69) is 5.32 Å². The Morgan fingerprint density at radius 3 is 2.44 bits per heavy atom. The van der Waals surface area contributed by atoms with Crippen LogP contribution in [0.15, 0.2) is 72.3 Å². The average Bonchev–Trinajstić information content (AvgIpc) is 2.79. The lowest BCUT2D eigenvalue weighted by Gasteiger charge is -2.08. The van der Waals surface area contributed by atoms with E-state index in [1.165, 1.54) is 24.3 Å². The number of carbonyl (C=O) groups excluding carboxylic acids is 1. The first-order chi connectivity index (χ1) is 15.4. The molecule has 160 valence electrons. The number of anilines is 1. The molecule has 6 nitrogen and oxygen atoms in total. The summed E-state index contributed by atoms with van der Waals surface area (Å²) in [5.41, 5.74) is 1.66. The fraction of sp³-hybridized carbons (Fsp3) is 0.0417. The van der Waals surface area contributed by atoms with Crippen LogP contribution in [0.25, 0.3) is 6.08 Å². The van der Waals surface area contributed by atoms with Crippen molar-refractivity contribution >= 4 is 46.8 Å². The summed E-state index contributed by atoms with van der Waals surface area (Å²) in [6, 6.07) is 19.7. The third-order valence-electron chi connectivity index (χ3n) is 4.31. The second-order valence-corrected chi connectivity index (χ2v) is 7.43. The van der Waals surface area contributed by atoms with Gasteiger partial charge in [0.05, 0.1) is 15.6 Å². The van der Waals surface area contributed by atoms with Crippen molar-refractivity contribution in [2.24, 2.45) is 0 Å². The minimum absolute atomic E-state index is 0.0294. The molecular formula is C24H16Cl2N2O4. The number of rotatable bonds is 7. The molecule has 0 saturated carbocycles. The molecule has 3 aromatic carbocycles. The van der Waals surface area contributed by atoms with Gasteiger partial charge in [-0.1, -0.05) is 47.5 Å². The summed E-state index contributed by atoms with van der Waals surface area (Å²) >= 11 is 11.9. The van der Waals surface area contributed by atoms with Crippen LogP contribution in [0.4, 0.5) is 5.69 Å². The maximum Gasteiger partial charge on any atom is 0.335 e. The van der Waals surface area contributed by atoms with Crippen molar-refractivity contribution in [2.45, 2.75) is 6.61 Å². The van der Waals surface area contributed by atoms with Crippen molar-refractivity contribution < 1.29 is 19.4 Å². The molecule has 1 amide bonds. The van der Waals surface area contributed by atoms with Crippen molar-refractivity contribution in [1.29, 1.82) is 5.26 Å². The van der Waals surface area contributed by atoms with Gasteiger partial charge in [-0.2, -0.15) is 5.26 Å². The molecule has 0 aromatic heterocycles. The van der Waals surface area contributed by atoms with Gasteiger partial charge in [0.1, 0.15) is 24.0 Å². The summed E-state index contributed by atoms with van der Waals surface area (Å²) in [6.07, 6.45) is 1.43. The minimum atomic E-state index is -1.11. The van der Waals surface area contributed by atoms with E-state index < -0.39 is 11.9 Å². The number of aromatic carboxylic acids is 1. The van der Waals surface area contributed by atoms with Gasteiger partial charge in [0.25, 0.3) is 5.91 Å². The first-order valence-corrected chi connectivity index (χ1v) is 10.0. The predicted molar refractivity (Wildman–Crippen MR) is 123 cm³/mol. The molecule has 2 N–H and O–H groups in total. The number of carbonyl (C=O) groups is 2. The Bertz CT molecular complexity index is 1230. The molecule has 3 aromatic rings. The Morgan fingerprint density at radius 2 is 1.78 bits per heavy atom. The van der Waals surface area contributed by atoms with Crippen LogP contribution in [0, 0.1) is 11.3 Å². The Kier molecular flexibility index (Phi) is 7.50. The number of ether oxygens (including phenoxy) is 1. The number of carboxylic acid groups (broad SMARTS) is 1. The Hall–Kier alpha value is -3.79. The summed E-state index contributed by atoms with van der Waals surface area (Å²) in [4.78, 5) is 23.5. The molecule has 8 heteroatoms. The van der Waals surface area contributed by atoms with E-state index in [-0.39, 0.29) is 16.8 Å². The quantitative estimate of drug-likeness (QED) is 0.337. The lowest BCUT2D eigenvalue weighted by molar-refractivity contribution is -0.112. The van der Waals surface area contributed by atoms with Gasteiger partial charge >= 0.3 is 5.97 Å². The largest absolute Gasteiger partial charge is 0.489 e. The summed E-state index contributed by atoms with van der Waals surface area (Å²) in [6.45, 7) is 0.299. The first kappa shape index (κ1) is 22.9. The molecule has 0 aliphatic heterocycles. The third-order valence-corrected chi connectivity index (χ3v) is 5.05. The number of carboxylic acids is 1. The van der Waals surface area contributed by atoms with Gasteiger partial charge in [0.15, 0.2) is 0 Å². The van der Waals surface area contributed by atoms with Crippen LogP contribution in [0.2, 0.25) is 10.0 Å². The lowest BCUT2D eigenvalue weighted by Crippen LogP contribution is -2.13. The molecule has 0 radical (unpaired) electrons. The summed E-state index contributed by atoms with van der Waals surface area (Å²) in [5, 5.41) is 21.9. The van der Waals surface area contributed by atoms with Gasteiger partial charge in [0, 0.05) is 5.69 Å². The maximum atomic E-state index is 12.4. The topological polar surface area (TPSA) is 99.4 Å². The lowest BCUT2D eigenvalue weighted by atomic mass is 10.1. The molecule has 0 aliphatic carbocycles. The number of nitrogens with zero attached hydrogens (tertiary/aromatic N) is 1. The number of nitriles is 1. The highest BCUT2D eigenvalue weighted by Crippen LogP contribution is 2.24. The number of hydrogen-bond donors (Lipinski definition) is 2. The smallest absolute Gasteiger partial charge is 0.335 e. The standard InChI is InChI=1S/C24H16Cl2N2O4/c25-21-9-6-16(11-22(21)26)14-32-20-7-4-15(5-8-20)10-18(13-27)23(29)28-19-3-1-2-17(12-19)24(30)31/h1-12H,14H2,(H,28,29)(H,30,31). The Morgan fingerprint density at radius 1 is 1.03 bits per heavy atom. The average molecular weight is 467 g/mol. The van der Waals surface area contributed by atoms with Gasteiger partial charge in [0.2, 0.25) is 0 Å². The second-order valence-electron chi connectivity index (χ2n) is 6.62. The third kappa shape index (κ3) is 6.11. The molecule has 0 atom stereocenters. The zero-order chi connectivity index (χ0) is 23.1. The molecule has 0 bridgehead atoms. The molecule has 0 saturated heterocycles. The zero-order valence-corrected chi connectivity index (χ0v) is 18.0. The summed E-state index contributed by atoms with van der Waals surface area (Å²) < 4.78 is 5.72. The minimum Gasteiger partial charge on any atom is -0.489 e. The van der Waals surface area contributed by atoms with E-state index >= 15 is 0 Å². The SMILES string of the molecule is N#CC(=Cc1ccc(OCc2ccc(Cl)c(Cl)c2)cc1)C(=O)Nc1cccc(C(=O)O)c1. The highest BCUT2D eigenvalue weighted by atomic mass is 35.5. The fourth-order valence-electron chi connectivity index (χ4n) is 2.70. The molecule has 0 aliphatic rings. The second kappa shape index (κ2) is 10.5. The highest BCUT2D eigenvalue weighted by Gasteiger charge is 2.11. The van der Waals surface area contributed by atoms with Crippen molar-refractivity contribution in [2.75, 3.05) is 5.32 Å². The summed E-state index contributed by atoms with van der Waals surface area (Å²) in [7, 11) is 0. The van der Waals surface area contributed by atoms with Crippen LogP contribution in [0.1, 0.15) is 21.5 Å². The van der Waals surface area contributed by atoms with Crippen molar-refractivity contribution in [3.05, 3.63) is 99.0 Å². The van der Waals surface area contributed by atoms with E-state index in [0.29, 0.717) is 28.0 Å². The Balaban J connectivity index is 1.66. The van der Waals surface area contributed by atoms with Gasteiger partial charge < -0.3 is 15.2 Å². The monoisotopic (exact) mass is 466 g/mol. The molecule has 32 heavy (non-hydrogen) atoms.